The number of nitrogens with one attached hydrogen (secondary N) is 1. The van der Waals surface area contributed by atoms with Gasteiger partial charge >= 0.3 is 6.01 Å². The van der Waals surface area contributed by atoms with Crippen molar-refractivity contribution in [1.29, 1.82) is 0 Å². The number of halogens is 1. The van der Waals surface area contributed by atoms with Crippen molar-refractivity contribution in [3.05, 3.63) is 40.7 Å². The highest BCUT2D eigenvalue weighted by atomic mass is 35.5. The van der Waals surface area contributed by atoms with Crippen LogP contribution in [0.3, 0.4) is 0 Å². The molecule has 0 saturated heterocycles. The highest BCUT2D eigenvalue weighted by Gasteiger charge is 2.07. The van der Waals surface area contributed by atoms with E-state index in [9.17, 15) is 0 Å². The SMILES string of the molecule is Cc1cccc(CNc2nc(Cl)nc(OC(C)C)n2)c1. The van der Waals surface area contributed by atoms with E-state index >= 15 is 0 Å². The monoisotopic (exact) mass is 292 g/mol. The standard InChI is InChI=1S/C14H17ClN4O/c1-9(2)20-14-18-12(15)17-13(19-14)16-8-11-6-4-5-10(3)7-11/h4-7,9H,8H2,1-3H3,(H,16,17,18,19). The summed E-state index contributed by atoms with van der Waals surface area (Å²) in [6.45, 7) is 6.47. The van der Waals surface area contributed by atoms with E-state index in [0.717, 1.165) is 5.56 Å². The van der Waals surface area contributed by atoms with E-state index in [4.69, 9.17) is 16.3 Å². The van der Waals surface area contributed by atoms with Crippen LogP contribution >= 0.6 is 11.6 Å². The van der Waals surface area contributed by atoms with Crippen LogP contribution < -0.4 is 10.1 Å². The van der Waals surface area contributed by atoms with Crippen molar-refractivity contribution in [2.24, 2.45) is 0 Å². The smallest absolute Gasteiger partial charge is 0.322 e. The van der Waals surface area contributed by atoms with Crippen molar-refractivity contribution in [2.45, 2.75) is 33.4 Å². The zero-order valence-electron chi connectivity index (χ0n) is 11.7. The number of aryl methyl sites for hydroxylation is 1. The van der Waals surface area contributed by atoms with E-state index in [-0.39, 0.29) is 17.4 Å². The van der Waals surface area contributed by atoms with Crippen molar-refractivity contribution in [3.63, 3.8) is 0 Å². The molecule has 1 aromatic carbocycles. The molecule has 1 N–H and O–H groups in total. The van der Waals surface area contributed by atoms with Crippen LogP contribution in [0.5, 0.6) is 6.01 Å². The quantitative estimate of drug-likeness (QED) is 0.917. The molecule has 0 unspecified atom stereocenters. The van der Waals surface area contributed by atoms with Gasteiger partial charge in [-0.25, -0.2) is 0 Å². The summed E-state index contributed by atoms with van der Waals surface area (Å²) in [6.07, 6.45) is -0.0157. The predicted molar refractivity (Wildman–Crippen MR) is 79.1 cm³/mol. The lowest BCUT2D eigenvalue weighted by atomic mass is 10.1. The molecule has 1 aromatic heterocycles. The number of benzene rings is 1. The molecule has 0 aliphatic carbocycles. The molecule has 0 aliphatic rings. The van der Waals surface area contributed by atoms with Crippen molar-refractivity contribution in [3.8, 4) is 6.01 Å². The highest BCUT2D eigenvalue weighted by Crippen LogP contribution is 2.13. The van der Waals surface area contributed by atoms with Gasteiger partial charge < -0.3 is 10.1 Å². The summed E-state index contributed by atoms with van der Waals surface area (Å²) >= 11 is 5.86. The summed E-state index contributed by atoms with van der Waals surface area (Å²) in [6, 6.07) is 8.43. The van der Waals surface area contributed by atoms with Crippen molar-refractivity contribution < 1.29 is 4.74 Å². The minimum absolute atomic E-state index is 0.0157. The van der Waals surface area contributed by atoms with Crippen molar-refractivity contribution in [2.75, 3.05) is 5.32 Å². The Bertz CT molecular complexity index is 589. The molecule has 1 heterocycles. The molecule has 2 aromatic rings. The van der Waals surface area contributed by atoms with Crippen molar-refractivity contribution >= 4 is 17.5 Å². The number of anilines is 1. The number of hydrogen-bond donors (Lipinski definition) is 1. The molecule has 0 bridgehead atoms. The Hall–Kier alpha value is -1.88. The molecular weight excluding hydrogens is 276 g/mol. The Balaban J connectivity index is 2.07. The maximum atomic E-state index is 5.86. The van der Waals surface area contributed by atoms with E-state index in [0.29, 0.717) is 12.5 Å². The molecule has 0 radical (unpaired) electrons. The van der Waals surface area contributed by atoms with Gasteiger partial charge in [0.1, 0.15) is 0 Å². The summed E-state index contributed by atoms with van der Waals surface area (Å²) < 4.78 is 5.42. The maximum absolute atomic E-state index is 5.86. The molecule has 106 valence electrons. The Morgan fingerprint density at radius 3 is 2.75 bits per heavy atom. The number of aromatic nitrogens is 3. The van der Waals surface area contributed by atoms with Gasteiger partial charge in [-0.05, 0) is 37.9 Å². The molecule has 0 saturated carbocycles. The second kappa shape index (κ2) is 6.52. The lowest BCUT2D eigenvalue weighted by Crippen LogP contribution is -2.11. The van der Waals surface area contributed by atoms with E-state index in [1.54, 1.807) is 0 Å². The van der Waals surface area contributed by atoms with Gasteiger partial charge in [0.2, 0.25) is 11.2 Å². The first-order chi connectivity index (χ1) is 9.52. The van der Waals surface area contributed by atoms with E-state index < -0.39 is 0 Å². The van der Waals surface area contributed by atoms with Crippen LogP contribution in [0, 0.1) is 6.92 Å². The molecule has 0 amide bonds. The molecule has 0 aliphatic heterocycles. The molecular formula is C14H17ClN4O. The molecule has 2 rings (SSSR count). The third-order valence-electron chi connectivity index (χ3n) is 2.46. The Morgan fingerprint density at radius 2 is 2.05 bits per heavy atom. The molecule has 0 atom stereocenters. The first-order valence-corrected chi connectivity index (χ1v) is 6.78. The van der Waals surface area contributed by atoms with E-state index in [2.05, 4.69) is 39.3 Å². The van der Waals surface area contributed by atoms with Gasteiger partial charge in [0.25, 0.3) is 0 Å². The fourth-order valence-corrected chi connectivity index (χ4v) is 1.83. The summed E-state index contributed by atoms with van der Waals surface area (Å²) in [7, 11) is 0. The van der Waals surface area contributed by atoms with Gasteiger partial charge in [-0.2, -0.15) is 15.0 Å². The maximum Gasteiger partial charge on any atom is 0.322 e. The van der Waals surface area contributed by atoms with Crippen LogP contribution in [0.2, 0.25) is 5.28 Å². The topological polar surface area (TPSA) is 59.9 Å². The zero-order chi connectivity index (χ0) is 14.5. The first-order valence-electron chi connectivity index (χ1n) is 6.40. The number of nitrogens with zero attached hydrogens (tertiary/aromatic N) is 3. The molecule has 6 heteroatoms. The van der Waals surface area contributed by atoms with Gasteiger partial charge in [0, 0.05) is 6.54 Å². The average Bonchev–Trinajstić information content (AvgIpc) is 2.35. The van der Waals surface area contributed by atoms with Gasteiger partial charge in [-0.15, -0.1) is 0 Å². The fourth-order valence-electron chi connectivity index (χ4n) is 1.68. The van der Waals surface area contributed by atoms with Gasteiger partial charge in [0.05, 0.1) is 6.10 Å². The van der Waals surface area contributed by atoms with Crippen LogP contribution in [0.25, 0.3) is 0 Å². The number of ether oxygens (including phenoxy) is 1. The van der Waals surface area contributed by atoms with Crippen LogP contribution in [0.4, 0.5) is 5.95 Å². The minimum atomic E-state index is -0.0157. The zero-order valence-corrected chi connectivity index (χ0v) is 12.5. The predicted octanol–water partition coefficient (Wildman–Crippen LogP) is 3.23. The minimum Gasteiger partial charge on any atom is -0.461 e. The number of rotatable bonds is 5. The third-order valence-corrected chi connectivity index (χ3v) is 2.63. The van der Waals surface area contributed by atoms with E-state index in [1.807, 2.05) is 26.0 Å². The van der Waals surface area contributed by atoms with Crippen LogP contribution in [-0.4, -0.2) is 21.1 Å². The summed E-state index contributed by atoms with van der Waals surface area (Å²) in [5.74, 6) is 0.405. The summed E-state index contributed by atoms with van der Waals surface area (Å²) in [4.78, 5) is 12.1. The molecule has 0 fully saturated rings. The second-order valence-corrected chi connectivity index (χ2v) is 5.06. The van der Waals surface area contributed by atoms with E-state index in [1.165, 1.54) is 5.56 Å². The second-order valence-electron chi connectivity index (χ2n) is 4.72. The average molecular weight is 293 g/mol. The van der Waals surface area contributed by atoms with Crippen LogP contribution in [0.15, 0.2) is 24.3 Å². The Labute approximate surface area is 123 Å². The van der Waals surface area contributed by atoms with Gasteiger partial charge in [-0.3, -0.25) is 0 Å². The van der Waals surface area contributed by atoms with Crippen LogP contribution in [0.1, 0.15) is 25.0 Å². The third kappa shape index (κ3) is 4.35. The normalized spacial score (nSPS) is 10.7. The van der Waals surface area contributed by atoms with Gasteiger partial charge in [0.15, 0.2) is 0 Å². The molecule has 5 nitrogen and oxygen atoms in total. The van der Waals surface area contributed by atoms with Crippen molar-refractivity contribution in [1.82, 2.24) is 15.0 Å². The highest BCUT2D eigenvalue weighted by molar-refractivity contribution is 6.28. The van der Waals surface area contributed by atoms with Crippen LogP contribution in [-0.2, 0) is 6.54 Å². The first kappa shape index (κ1) is 14.5. The summed E-state index contributed by atoms with van der Waals surface area (Å²) in [5.41, 5.74) is 2.36. The Kier molecular flexibility index (Phi) is 4.74. The Morgan fingerprint density at radius 1 is 1.25 bits per heavy atom. The summed E-state index contributed by atoms with van der Waals surface area (Å²) in [5, 5.41) is 3.23. The molecule has 0 spiro atoms. The lowest BCUT2D eigenvalue weighted by molar-refractivity contribution is 0.222. The van der Waals surface area contributed by atoms with Gasteiger partial charge in [-0.1, -0.05) is 29.8 Å². The lowest BCUT2D eigenvalue weighted by Gasteiger charge is -2.10. The number of hydrogen-bond acceptors (Lipinski definition) is 5. The largest absolute Gasteiger partial charge is 0.461 e. The molecule has 20 heavy (non-hydrogen) atoms. The fraction of sp³-hybridized carbons (Fsp3) is 0.357.